The van der Waals surface area contributed by atoms with Gasteiger partial charge in [0.05, 0.1) is 0 Å². The Balaban J connectivity index is 3.83. The van der Waals surface area contributed by atoms with Crippen molar-refractivity contribution in [1.29, 1.82) is 0 Å². The Hall–Kier alpha value is -1.59. The number of hydrogen-bond donors (Lipinski definition) is 0. The maximum Gasteiger partial charge on any atom is 0.306 e. The van der Waals surface area contributed by atoms with Crippen LogP contribution in [-0.4, -0.2) is 37.2 Å². The number of hydrogen-bond acceptors (Lipinski definition) is 6. The van der Waals surface area contributed by atoms with Crippen LogP contribution in [0.4, 0.5) is 0 Å². The van der Waals surface area contributed by atoms with Crippen molar-refractivity contribution in [2.45, 2.75) is 425 Å². The van der Waals surface area contributed by atoms with Gasteiger partial charge in [-0.2, -0.15) is 0 Å². The molecule has 6 nitrogen and oxygen atoms in total. The SMILES string of the molecule is CCCCCCCCCCCCCCCCCCCCCCCCCCCCCCCCCCCCC(=O)OCC(COC(=O)CCCCCCC)OC(=O)CCCCCCCCCCCCCCCCCCCCCC. The summed E-state index contributed by atoms with van der Waals surface area (Å²) in [5.74, 6) is -0.844. The summed E-state index contributed by atoms with van der Waals surface area (Å²) in [6.07, 6.45) is 79.3. The zero-order valence-electron chi connectivity index (χ0n) is 52.8. The Bertz CT molecular complexity index is 1160. The molecule has 0 radical (unpaired) electrons. The van der Waals surface area contributed by atoms with Gasteiger partial charge in [0.15, 0.2) is 6.10 Å². The molecule has 0 spiro atoms. The van der Waals surface area contributed by atoms with E-state index < -0.39 is 6.10 Å². The number of esters is 3. The van der Waals surface area contributed by atoms with Gasteiger partial charge in [0, 0.05) is 19.3 Å². The van der Waals surface area contributed by atoms with E-state index in [1.54, 1.807) is 0 Å². The summed E-state index contributed by atoms with van der Waals surface area (Å²) in [6.45, 7) is 6.65. The number of carbonyl (C=O) groups is 3. The lowest BCUT2D eigenvalue weighted by Crippen LogP contribution is -2.30. The Morgan fingerprint density at radius 2 is 0.351 bits per heavy atom. The average molecular weight is 1090 g/mol. The van der Waals surface area contributed by atoms with Crippen LogP contribution >= 0.6 is 0 Å². The lowest BCUT2D eigenvalue weighted by atomic mass is 10.0. The summed E-state index contributed by atoms with van der Waals surface area (Å²) >= 11 is 0. The first-order valence-corrected chi connectivity index (χ1v) is 35.5. The topological polar surface area (TPSA) is 78.9 Å². The number of ether oxygens (including phenoxy) is 3. The maximum absolute atomic E-state index is 12.8. The van der Waals surface area contributed by atoms with Crippen LogP contribution in [0.15, 0.2) is 0 Å². The molecule has 0 saturated carbocycles. The van der Waals surface area contributed by atoms with Crippen molar-refractivity contribution in [3.05, 3.63) is 0 Å². The van der Waals surface area contributed by atoms with Crippen molar-refractivity contribution < 1.29 is 28.6 Å². The normalized spacial score (nSPS) is 11.9. The van der Waals surface area contributed by atoms with Crippen LogP contribution in [-0.2, 0) is 28.6 Å². The van der Waals surface area contributed by atoms with E-state index >= 15 is 0 Å². The van der Waals surface area contributed by atoms with Crippen LogP contribution in [0.2, 0.25) is 0 Å². The second-order valence-corrected chi connectivity index (χ2v) is 24.5. The molecule has 0 aliphatic rings. The Morgan fingerprint density at radius 1 is 0.208 bits per heavy atom. The minimum absolute atomic E-state index is 0.0622. The highest BCUT2D eigenvalue weighted by Gasteiger charge is 2.19. The molecule has 0 aromatic rings. The van der Waals surface area contributed by atoms with Crippen LogP contribution in [0.25, 0.3) is 0 Å². The summed E-state index contributed by atoms with van der Waals surface area (Å²) in [5, 5.41) is 0. The van der Waals surface area contributed by atoms with Crippen LogP contribution in [0.1, 0.15) is 419 Å². The number of carbonyl (C=O) groups excluding carboxylic acids is 3. The van der Waals surface area contributed by atoms with Crippen molar-refractivity contribution in [1.82, 2.24) is 0 Å². The molecule has 1 atom stereocenters. The van der Waals surface area contributed by atoms with E-state index in [1.807, 2.05) is 0 Å². The molecule has 0 bridgehead atoms. The second-order valence-electron chi connectivity index (χ2n) is 24.5. The highest BCUT2D eigenvalue weighted by atomic mass is 16.6. The molecule has 0 rings (SSSR count). The van der Waals surface area contributed by atoms with Gasteiger partial charge >= 0.3 is 17.9 Å². The van der Waals surface area contributed by atoms with Gasteiger partial charge in [-0.25, -0.2) is 0 Å². The van der Waals surface area contributed by atoms with E-state index in [1.165, 1.54) is 315 Å². The molecule has 0 amide bonds. The van der Waals surface area contributed by atoms with E-state index in [2.05, 4.69) is 20.8 Å². The Morgan fingerprint density at radius 3 is 0.519 bits per heavy atom. The minimum Gasteiger partial charge on any atom is -0.462 e. The summed E-state index contributed by atoms with van der Waals surface area (Å²) in [6, 6.07) is 0. The fourth-order valence-corrected chi connectivity index (χ4v) is 11.3. The highest BCUT2D eigenvalue weighted by Crippen LogP contribution is 2.20. The Labute approximate surface area is 482 Å². The summed E-state index contributed by atoms with van der Waals surface area (Å²) in [5.41, 5.74) is 0. The predicted molar refractivity (Wildman–Crippen MR) is 335 cm³/mol. The minimum atomic E-state index is -0.761. The van der Waals surface area contributed by atoms with Crippen molar-refractivity contribution in [2.24, 2.45) is 0 Å². The number of unbranched alkanes of at least 4 members (excludes halogenated alkanes) is 56. The molecule has 0 fully saturated rings. The fourth-order valence-electron chi connectivity index (χ4n) is 11.3. The fraction of sp³-hybridized carbons (Fsp3) is 0.958. The van der Waals surface area contributed by atoms with Gasteiger partial charge in [0.1, 0.15) is 13.2 Å². The molecule has 0 aromatic heterocycles. The van der Waals surface area contributed by atoms with Crippen LogP contribution < -0.4 is 0 Å². The van der Waals surface area contributed by atoms with Gasteiger partial charge in [-0.05, 0) is 19.3 Å². The molecule has 0 aliphatic carbocycles. The second kappa shape index (κ2) is 66.9. The van der Waals surface area contributed by atoms with Gasteiger partial charge in [0.2, 0.25) is 0 Å². The molecule has 0 saturated heterocycles. The monoisotopic (exact) mass is 1090 g/mol. The van der Waals surface area contributed by atoms with E-state index in [4.69, 9.17) is 14.2 Å². The van der Waals surface area contributed by atoms with E-state index in [-0.39, 0.29) is 31.1 Å². The standard InChI is InChI=1S/C71H138O6/c1-4-7-10-13-15-17-19-21-23-25-27-29-30-31-32-33-34-35-36-37-38-39-40-41-42-44-45-47-49-51-53-55-58-61-64-70(73)76-67-68(66-75-69(72)63-60-57-12-9-6-3)77-71(74)65-62-59-56-54-52-50-48-46-43-28-26-24-22-20-18-16-14-11-8-5-2/h68H,4-67H2,1-3H3. The van der Waals surface area contributed by atoms with Crippen molar-refractivity contribution >= 4 is 17.9 Å². The molecule has 1 unspecified atom stereocenters. The molecular weight excluding hydrogens is 949 g/mol. The van der Waals surface area contributed by atoms with Crippen molar-refractivity contribution in [2.75, 3.05) is 13.2 Å². The van der Waals surface area contributed by atoms with Gasteiger partial charge in [-0.15, -0.1) is 0 Å². The van der Waals surface area contributed by atoms with Crippen LogP contribution in [0.5, 0.6) is 0 Å². The zero-order valence-corrected chi connectivity index (χ0v) is 52.8. The molecule has 458 valence electrons. The van der Waals surface area contributed by atoms with Gasteiger partial charge < -0.3 is 14.2 Å². The molecule has 6 heteroatoms. The third kappa shape index (κ3) is 65.1. The molecule has 0 N–H and O–H groups in total. The first-order chi connectivity index (χ1) is 38.0. The van der Waals surface area contributed by atoms with E-state index in [9.17, 15) is 14.4 Å². The van der Waals surface area contributed by atoms with Gasteiger partial charge in [0.25, 0.3) is 0 Å². The zero-order chi connectivity index (χ0) is 55.7. The summed E-state index contributed by atoms with van der Waals surface area (Å²) in [4.78, 5) is 38.0. The third-order valence-electron chi connectivity index (χ3n) is 16.6. The highest BCUT2D eigenvalue weighted by molar-refractivity contribution is 5.71. The lowest BCUT2D eigenvalue weighted by Gasteiger charge is -2.18. The molecule has 0 heterocycles. The molecular formula is C71H138O6. The van der Waals surface area contributed by atoms with Crippen molar-refractivity contribution in [3.8, 4) is 0 Å². The van der Waals surface area contributed by atoms with Crippen LogP contribution in [0, 0.1) is 0 Å². The lowest BCUT2D eigenvalue weighted by molar-refractivity contribution is -0.167. The predicted octanol–water partition coefficient (Wildman–Crippen LogP) is 24.2. The molecule has 0 aromatic carbocycles. The quantitative estimate of drug-likeness (QED) is 0.0343. The first-order valence-electron chi connectivity index (χ1n) is 35.5. The molecule has 77 heavy (non-hydrogen) atoms. The van der Waals surface area contributed by atoms with E-state index in [0.717, 1.165) is 64.2 Å². The average Bonchev–Trinajstić information content (AvgIpc) is 3.43. The third-order valence-corrected chi connectivity index (χ3v) is 16.6. The van der Waals surface area contributed by atoms with Gasteiger partial charge in [-0.1, -0.05) is 380 Å². The largest absolute Gasteiger partial charge is 0.462 e. The number of rotatable bonds is 67. The van der Waals surface area contributed by atoms with Crippen molar-refractivity contribution in [3.63, 3.8) is 0 Å². The smallest absolute Gasteiger partial charge is 0.306 e. The Kier molecular flexibility index (Phi) is 65.5. The van der Waals surface area contributed by atoms with E-state index in [0.29, 0.717) is 19.3 Å². The summed E-state index contributed by atoms with van der Waals surface area (Å²) in [7, 11) is 0. The van der Waals surface area contributed by atoms with Crippen LogP contribution in [0.3, 0.4) is 0 Å². The maximum atomic E-state index is 12.8. The van der Waals surface area contributed by atoms with Gasteiger partial charge in [-0.3, -0.25) is 14.4 Å². The molecule has 0 aliphatic heterocycles. The first kappa shape index (κ1) is 75.4. The summed E-state index contributed by atoms with van der Waals surface area (Å²) < 4.78 is 16.8.